The molecule has 0 fully saturated rings. The lowest BCUT2D eigenvalue weighted by atomic mass is 10.1. The summed E-state index contributed by atoms with van der Waals surface area (Å²) in [6.07, 6.45) is 0. The van der Waals surface area contributed by atoms with Gasteiger partial charge in [-0.3, -0.25) is 0 Å². The van der Waals surface area contributed by atoms with Gasteiger partial charge in [0, 0.05) is 11.6 Å². The second-order valence-electron chi connectivity index (χ2n) is 3.71. The Hall–Kier alpha value is -0.390. The molecule has 0 atom stereocenters. The van der Waals surface area contributed by atoms with Gasteiger partial charge < -0.3 is 0 Å². The van der Waals surface area contributed by atoms with E-state index in [0.29, 0.717) is 0 Å². The first-order valence-electron chi connectivity index (χ1n) is 3.80. The first-order valence-corrected chi connectivity index (χ1v) is 6.17. The summed E-state index contributed by atoms with van der Waals surface area (Å²) in [6.45, 7) is 5.41. The smallest absolute Gasteiger partial charge is 0.206 e. The number of nitrogens with one attached hydrogen (secondary N) is 1. The van der Waals surface area contributed by atoms with Gasteiger partial charge in [0.25, 0.3) is 10.0 Å². The van der Waals surface area contributed by atoms with Gasteiger partial charge in [0.05, 0.1) is 0 Å². The Bertz CT molecular complexity index is 359. The van der Waals surface area contributed by atoms with E-state index in [-0.39, 0.29) is 4.21 Å². The minimum atomic E-state index is -3.36. The highest BCUT2D eigenvalue weighted by molar-refractivity contribution is 7.91. The topological polar surface area (TPSA) is 46.2 Å². The van der Waals surface area contributed by atoms with E-state index in [2.05, 4.69) is 10.8 Å². The molecule has 0 amide bonds. The van der Waals surface area contributed by atoms with Crippen molar-refractivity contribution >= 4 is 21.4 Å². The molecule has 1 rings (SSSR count). The van der Waals surface area contributed by atoms with Crippen molar-refractivity contribution in [2.45, 2.75) is 30.5 Å². The molecule has 0 aliphatic carbocycles. The monoisotopic (exact) mass is 218 g/mol. The molecule has 0 aromatic carbocycles. The lowest BCUT2D eigenvalue weighted by Crippen LogP contribution is -2.40. The van der Waals surface area contributed by atoms with Crippen molar-refractivity contribution in [1.29, 1.82) is 0 Å². The van der Waals surface area contributed by atoms with Gasteiger partial charge in [-0.2, -0.15) is 0 Å². The van der Waals surface area contributed by atoms with Crippen LogP contribution in [0.5, 0.6) is 0 Å². The van der Waals surface area contributed by atoms with Crippen LogP contribution >= 0.6 is 11.3 Å². The number of rotatable bonds is 2. The number of hydrogen-bond acceptors (Lipinski definition) is 3. The van der Waals surface area contributed by atoms with Crippen molar-refractivity contribution in [3.8, 4) is 0 Å². The van der Waals surface area contributed by atoms with Crippen LogP contribution in [0.2, 0.25) is 0 Å². The van der Waals surface area contributed by atoms with Gasteiger partial charge in [0.1, 0.15) is 4.21 Å². The van der Waals surface area contributed by atoms with Crippen molar-refractivity contribution in [3.63, 3.8) is 0 Å². The second kappa shape index (κ2) is 3.40. The van der Waals surface area contributed by atoms with Crippen LogP contribution in [0.1, 0.15) is 20.8 Å². The molecule has 1 aromatic rings. The molecular formula is C8H12NO2S2. The predicted octanol–water partition coefficient (Wildman–Crippen LogP) is 1.63. The summed E-state index contributed by atoms with van der Waals surface area (Å²) in [5, 5.41) is 1.69. The molecule has 0 bridgehead atoms. The van der Waals surface area contributed by atoms with E-state index in [9.17, 15) is 8.42 Å². The van der Waals surface area contributed by atoms with Crippen LogP contribution in [0.3, 0.4) is 0 Å². The SMILES string of the molecule is CC(C)(C)NS(=O)(=O)c1[c]ccs1. The molecule has 0 saturated carbocycles. The molecule has 1 heterocycles. The molecule has 1 radical (unpaired) electrons. The van der Waals surface area contributed by atoms with Gasteiger partial charge in [0.2, 0.25) is 0 Å². The highest BCUT2D eigenvalue weighted by atomic mass is 32.2. The molecule has 0 spiro atoms. The summed E-state index contributed by atoms with van der Waals surface area (Å²) < 4.78 is 25.9. The lowest BCUT2D eigenvalue weighted by molar-refractivity contribution is 0.492. The second-order valence-corrected chi connectivity index (χ2v) is 6.50. The van der Waals surface area contributed by atoms with Crippen LogP contribution in [-0.4, -0.2) is 14.0 Å². The first-order chi connectivity index (χ1) is 5.81. The van der Waals surface area contributed by atoms with Crippen LogP contribution in [0.15, 0.2) is 15.7 Å². The number of hydrogen-bond donors (Lipinski definition) is 1. The largest absolute Gasteiger partial charge is 0.251 e. The van der Waals surface area contributed by atoms with E-state index >= 15 is 0 Å². The molecule has 13 heavy (non-hydrogen) atoms. The lowest BCUT2D eigenvalue weighted by Gasteiger charge is -2.19. The highest BCUT2D eigenvalue weighted by Gasteiger charge is 2.22. The van der Waals surface area contributed by atoms with E-state index in [0.717, 1.165) is 11.3 Å². The number of thiophene rings is 1. The summed E-state index contributed by atoms with van der Waals surface area (Å²) in [4.78, 5) is 0. The van der Waals surface area contributed by atoms with Crippen molar-refractivity contribution in [1.82, 2.24) is 4.72 Å². The zero-order chi connectivity index (χ0) is 10.1. The summed E-state index contributed by atoms with van der Waals surface area (Å²) in [5.41, 5.74) is -0.448. The molecule has 0 aliphatic heterocycles. The summed E-state index contributed by atoms with van der Waals surface area (Å²) in [5.74, 6) is 0. The Labute approximate surface area is 82.8 Å². The maximum Gasteiger partial charge on any atom is 0.251 e. The maximum absolute atomic E-state index is 11.6. The Balaban J connectivity index is 2.93. The zero-order valence-electron chi connectivity index (χ0n) is 7.79. The van der Waals surface area contributed by atoms with E-state index in [4.69, 9.17) is 0 Å². The van der Waals surface area contributed by atoms with E-state index in [1.165, 1.54) is 0 Å². The molecule has 3 nitrogen and oxygen atoms in total. The molecule has 5 heteroatoms. The van der Waals surface area contributed by atoms with E-state index < -0.39 is 15.6 Å². The zero-order valence-corrected chi connectivity index (χ0v) is 9.42. The molecule has 0 saturated heterocycles. The summed E-state index contributed by atoms with van der Waals surface area (Å²) >= 11 is 1.16. The van der Waals surface area contributed by atoms with Crippen LogP contribution in [-0.2, 0) is 10.0 Å². The fourth-order valence-corrected chi connectivity index (χ4v) is 3.14. The van der Waals surface area contributed by atoms with Gasteiger partial charge >= 0.3 is 0 Å². The van der Waals surface area contributed by atoms with E-state index in [1.54, 1.807) is 32.2 Å². The Kier molecular flexibility index (Phi) is 2.79. The average Bonchev–Trinajstić information content (AvgIpc) is 2.29. The predicted molar refractivity (Wildman–Crippen MR) is 53.2 cm³/mol. The summed E-state index contributed by atoms with van der Waals surface area (Å²) in [7, 11) is -3.36. The van der Waals surface area contributed by atoms with Crippen molar-refractivity contribution < 1.29 is 8.42 Å². The number of sulfonamides is 1. The molecule has 73 valence electrons. The minimum Gasteiger partial charge on any atom is -0.206 e. The molecule has 0 aliphatic rings. The van der Waals surface area contributed by atoms with Crippen LogP contribution in [0, 0.1) is 6.07 Å². The standard InChI is InChI=1S/C8H12NO2S2/c1-8(2,3)9-13(10,11)7-5-4-6-12-7/h4,6,9H,1-3H3. The van der Waals surface area contributed by atoms with Crippen LogP contribution < -0.4 is 4.72 Å². The third-order valence-corrected chi connectivity index (χ3v) is 4.17. The maximum atomic E-state index is 11.6. The van der Waals surface area contributed by atoms with Crippen molar-refractivity contribution in [2.24, 2.45) is 0 Å². The van der Waals surface area contributed by atoms with Gasteiger partial charge in [-0.25, -0.2) is 13.1 Å². The van der Waals surface area contributed by atoms with Gasteiger partial charge in [-0.15, -0.1) is 11.3 Å². The third kappa shape index (κ3) is 3.10. The normalized spacial score (nSPS) is 13.2. The quantitative estimate of drug-likeness (QED) is 0.820. The van der Waals surface area contributed by atoms with Gasteiger partial charge in [-0.1, -0.05) is 0 Å². The first kappa shape index (κ1) is 10.7. The molecule has 0 unspecified atom stereocenters. The average molecular weight is 218 g/mol. The summed E-state index contributed by atoms with van der Waals surface area (Å²) in [6, 6.07) is 4.27. The fraction of sp³-hybridized carbons (Fsp3) is 0.500. The molecule has 1 aromatic heterocycles. The fourth-order valence-electron chi connectivity index (χ4n) is 0.822. The Morgan fingerprint density at radius 2 is 2.08 bits per heavy atom. The van der Waals surface area contributed by atoms with Gasteiger partial charge in [-0.05, 0) is 32.2 Å². The van der Waals surface area contributed by atoms with Crippen molar-refractivity contribution in [3.05, 3.63) is 17.5 Å². The molecule has 1 N–H and O–H groups in total. The van der Waals surface area contributed by atoms with Crippen LogP contribution in [0.4, 0.5) is 0 Å². The Morgan fingerprint density at radius 1 is 1.46 bits per heavy atom. The minimum absolute atomic E-state index is 0.238. The highest BCUT2D eigenvalue weighted by Crippen LogP contribution is 2.16. The van der Waals surface area contributed by atoms with Crippen molar-refractivity contribution in [2.75, 3.05) is 0 Å². The third-order valence-electron chi connectivity index (χ3n) is 1.13. The van der Waals surface area contributed by atoms with Gasteiger partial charge in [0.15, 0.2) is 0 Å². The Morgan fingerprint density at radius 3 is 2.46 bits per heavy atom. The molecular weight excluding hydrogens is 206 g/mol. The van der Waals surface area contributed by atoms with Crippen LogP contribution in [0.25, 0.3) is 0 Å². The van der Waals surface area contributed by atoms with E-state index in [1.807, 2.05) is 0 Å².